The van der Waals surface area contributed by atoms with Crippen LogP contribution in [0.15, 0.2) is 102 Å². The molecule has 4 rings (SSSR count). The van der Waals surface area contributed by atoms with Gasteiger partial charge in [-0.15, -0.1) is 0 Å². The van der Waals surface area contributed by atoms with Gasteiger partial charge >= 0.3 is 0 Å². The van der Waals surface area contributed by atoms with Gasteiger partial charge in [-0.05, 0) is 68.8 Å². The first kappa shape index (κ1) is 36.2. The highest BCUT2D eigenvalue weighted by Gasteiger charge is 2.36. The SMILES string of the molecule is COc1ccc(S(=O)(=O)N(CC(=O)N(Cc2ccccc2F)[C@@H](Cc2ccccc2)C(=O)NC(C)(C)C)c2ccc(Cl)cc2)cc1OC. The van der Waals surface area contributed by atoms with Crippen LogP contribution in [0.25, 0.3) is 0 Å². The fourth-order valence-electron chi connectivity index (χ4n) is 5.06. The van der Waals surface area contributed by atoms with Gasteiger partial charge in [0, 0.05) is 35.2 Å². The number of amides is 2. The lowest BCUT2D eigenvalue weighted by Gasteiger charge is -2.35. The molecule has 0 unspecified atom stereocenters. The number of halogens is 2. The Morgan fingerprint density at radius 1 is 0.875 bits per heavy atom. The number of ether oxygens (including phenoxy) is 2. The summed E-state index contributed by atoms with van der Waals surface area (Å²) in [6.45, 7) is 4.41. The highest BCUT2D eigenvalue weighted by molar-refractivity contribution is 7.92. The molecule has 0 radical (unpaired) electrons. The van der Waals surface area contributed by atoms with Gasteiger partial charge in [-0.25, -0.2) is 12.8 Å². The van der Waals surface area contributed by atoms with Crippen molar-refractivity contribution < 1.29 is 31.9 Å². The van der Waals surface area contributed by atoms with E-state index >= 15 is 4.39 Å². The molecule has 2 amide bonds. The zero-order valence-corrected chi connectivity index (χ0v) is 29.0. The van der Waals surface area contributed by atoms with Crippen molar-refractivity contribution >= 4 is 39.1 Å². The van der Waals surface area contributed by atoms with E-state index in [-0.39, 0.29) is 34.9 Å². The minimum atomic E-state index is -4.44. The van der Waals surface area contributed by atoms with Crippen LogP contribution in [-0.4, -0.2) is 57.5 Å². The first-order valence-corrected chi connectivity index (χ1v) is 16.9. The Morgan fingerprint density at radius 3 is 2.10 bits per heavy atom. The zero-order valence-electron chi connectivity index (χ0n) is 27.4. The van der Waals surface area contributed by atoms with Gasteiger partial charge in [0.2, 0.25) is 11.8 Å². The first-order valence-electron chi connectivity index (χ1n) is 15.1. The van der Waals surface area contributed by atoms with Crippen LogP contribution in [-0.2, 0) is 32.6 Å². The van der Waals surface area contributed by atoms with E-state index in [2.05, 4.69) is 5.32 Å². The van der Waals surface area contributed by atoms with Crippen molar-refractivity contribution in [3.8, 4) is 11.5 Å². The van der Waals surface area contributed by atoms with Crippen LogP contribution in [0, 0.1) is 5.82 Å². The molecule has 0 aliphatic heterocycles. The number of carbonyl (C=O) groups is 2. The fourth-order valence-corrected chi connectivity index (χ4v) is 6.61. The lowest BCUT2D eigenvalue weighted by molar-refractivity contribution is -0.140. The highest BCUT2D eigenvalue weighted by Crippen LogP contribution is 2.33. The highest BCUT2D eigenvalue weighted by atomic mass is 35.5. The smallest absolute Gasteiger partial charge is 0.264 e. The molecular formula is C36H39ClFN3O6S. The Labute approximate surface area is 286 Å². The number of hydrogen-bond donors (Lipinski definition) is 1. The van der Waals surface area contributed by atoms with Crippen LogP contribution >= 0.6 is 11.6 Å². The first-order chi connectivity index (χ1) is 22.7. The largest absolute Gasteiger partial charge is 0.493 e. The molecule has 0 spiro atoms. The number of sulfonamides is 1. The molecular weight excluding hydrogens is 657 g/mol. The quantitative estimate of drug-likeness (QED) is 0.177. The second-order valence-corrected chi connectivity index (χ2v) is 14.4. The lowest BCUT2D eigenvalue weighted by atomic mass is 10.0. The summed E-state index contributed by atoms with van der Waals surface area (Å²) in [5, 5.41) is 3.31. The molecule has 1 N–H and O–H groups in total. The summed E-state index contributed by atoms with van der Waals surface area (Å²) in [5.41, 5.74) is 0.399. The molecule has 0 aromatic heterocycles. The van der Waals surface area contributed by atoms with Crippen LogP contribution in [0.2, 0.25) is 5.02 Å². The maximum Gasteiger partial charge on any atom is 0.264 e. The van der Waals surface area contributed by atoms with Crippen molar-refractivity contribution in [3.63, 3.8) is 0 Å². The van der Waals surface area contributed by atoms with E-state index in [1.54, 1.807) is 6.07 Å². The molecule has 254 valence electrons. The molecule has 0 aliphatic carbocycles. The number of nitrogens with one attached hydrogen (secondary N) is 1. The predicted octanol–water partition coefficient (Wildman–Crippen LogP) is 6.25. The number of methoxy groups -OCH3 is 2. The van der Waals surface area contributed by atoms with Crippen molar-refractivity contribution in [2.24, 2.45) is 0 Å². The topological polar surface area (TPSA) is 105 Å². The molecule has 0 saturated carbocycles. The van der Waals surface area contributed by atoms with E-state index in [1.165, 1.54) is 79.8 Å². The summed E-state index contributed by atoms with van der Waals surface area (Å²) >= 11 is 6.13. The van der Waals surface area contributed by atoms with E-state index in [9.17, 15) is 18.0 Å². The predicted molar refractivity (Wildman–Crippen MR) is 184 cm³/mol. The molecule has 0 bridgehead atoms. The van der Waals surface area contributed by atoms with Crippen molar-refractivity contribution in [2.45, 2.75) is 50.2 Å². The standard InChI is InChI=1S/C36H39ClFN3O6S/c1-36(2,3)39-35(43)31(21-25-11-7-6-8-12-25)40(23-26-13-9-10-14-30(26)38)34(42)24-41(28-17-15-27(37)16-18-28)48(44,45)29-19-20-32(46-4)33(22-29)47-5/h6-20,22,31H,21,23-24H2,1-5H3,(H,39,43)/t31-/m0/s1. The molecule has 48 heavy (non-hydrogen) atoms. The van der Waals surface area contributed by atoms with Crippen LogP contribution in [0.3, 0.4) is 0 Å². The lowest BCUT2D eigenvalue weighted by Crippen LogP contribution is -2.56. The number of anilines is 1. The van der Waals surface area contributed by atoms with Crippen LogP contribution in [0.4, 0.5) is 10.1 Å². The monoisotopic (exact) mass is 695 g/mol. The molecule has 0 saturated heterocycles. The molecule has 0 heterocycles. The Hall–Kier alpha value is -4.61. The number of nitrogens with zero attached hydrogens (tertiary/aromatic N) is 2. The van der Waals surface area contributed by atoms with E-state index in [4.69, 9.17) is 21.1 Å². The maximum atomic E-state index is 15.1. The minimum Gasteiger partial charge on any atom is -0.493 e. The van der Waals surface area contributed by atoms with Gasteiger partial charge < -0.3 is 19.7 Å². The number of carbonyl (C=O) groups excluding carboxylic acids is 2. The Bertz CT molecular complexity index is 1830. The van der Waals surface area contributed by atoms with Crippen molar-refractivity contribution in [1.29, 1.82) is 0 Å². The normalized spacial score (nSPS) is 12.1. The molecule has 1 atom stereocenters. The van der Waals surface area contributed by atoms with Crippen molar-refractivity contribution in [3.05, 3.63) is 119 Å². The Morgan fingerprint density at radius 2 is 1.50 bits per heavy atom. The van der Waals surface area contributed by atoms with Gasteiger partial charge in [-0.2, -0.15) is 0 Å². The van der Waals surface area contributed by atoms with Gasteiger partial charge in [-0.3, -0.25) is 13.9 Å². The van der Waals surface area contributed by atoms with Gasteiger partial charge in [0.15, 0.2) is 11.5 Å². The molecule has 0 aliphatic rings. The molecule has 4 aromatic carbocycles. The number of benzene rings is 4. The van der Waals surface area contributed by atoms with Crippen LogP contribution < -0.4 is 19.1 Å². The summed E-state index contributed by atoms with van der Waals surface area (Å²) in [6, 6.07) is 24.0. The van der Waals surface area contributed by atoms with E-state index in [0.717, 1.165) is 9.87 Å². The van der Waals surface area contributed by atoms with E-state index < -0.39 is 45.8 Å². The van der Waals surface area contributed by atoms with E-state index in [1.807, 2.05) is 51.1 Å². The molecule has 4 aromatic rings. The van der Waals surface area contributed by atoms with Gasteiger partial charge in [0.1, 0.15) is 18.4 Å². The molecule has 12 heteroatoms. The summed E-state index contributed by atoms with van der Waals surface area (Å²) < 4.78 is 55.3. The molecule has 9 nitrogen and oxygen atoms in total. The number of rotatable bonds is 13. The summed E-state index contributed by atoms with van der Waals surface area (Å²) in [4.78, 5) is 29.6. The second kappa shape index (κ2) is 15.5. The van der Waals surface area contributed by atoms with Crippen molar-refractivity contribution in [1.82, 2.24) is 10.2 Å². The minimum absolute atomic E-state index is 0.0896. The van der Waals surface area contributed by atoms with Gasteiger partial charge in [0.25, 0.3) is 10.0 Å². The third kappa shape index (κ3) is 9.05. The van der Waals surface area contributed by atoms with Gasteiger partial charge in [0.05, 0.1) is 24.8 Å². The average molecular weight is 696 g/mol. The maximum absolute atomic E-state index is 15.1. The van der Waals surface area contributed by atoms with Crippen LogP contribution in [0.1, 0.15) is 31.9 Å². The summed E-state index contributed by atoms with van der Waals surface area (Å²) in [7, 11) is -1.63. The zero-order chi connectivity index (χ0) is 35.1. The molecule has 0 fully saturated rings. The third-order valence-corrected chi connectivity index (χ3v) is 9.43. The van der Waals surface area contributed by atoms with Crippen molar-refractivity contribution in [2.75, 3.05) is 25.1 Å². The average Bonchev–Trinajstić information content (AvgIpc) is 3.05. The third-order valence-electron chi connectivity index (χ3n) is 7.40. The van der Waals surface area contributed by atoms with Crippen LogP contribution in [0.5, 0.6) is 11.5 Å². The van der Waals surface area contributed by atoms with Gasteiger partial charge in [-0.1, -0.05) is 60.1 Å². The second-order valence-electron chi connectivity index (χ2n) is 12.1. The fraction of sp³-hybridized carbons (Fsp3) is 0.278. The Balaban J connectivity index is 1.85. The summed E-state index contributed by atoms with van der Waals surface area (Å²) in [5.74, 6) is -1.30. The number of hydrogen-bond acceptors (Lipinski definition) is 6. The Kier molecular flexibility index (Phi) is 11.7. The van der Waals surface area contributed by atoms with E-state index in [0.29, 0.717) is 10.8 Å². The summed E-state index contributed by atoms with van der Waals surface area (Å²) in [6.07, 6.45) is 0.0896.